The predicted molar refractivity (Wildman–Crippen MR) is 133 cm³/mol. The summed E-state index contributed by atoms with van der Waals surface area (Å²) < 4.78 is 50.1. The lowest BCUT2D eigenvalue weighted by Crippen LogP contribution is -2.28. The molecule has 2 heterocycles. The SMILES string of the molecule is COc1c(Nc2cc(NC(=O)C3CC3)nnc2C(N)=O)cccc1-c1cnn([C@@H]2CCC[C@@H]2OC(F)(F)F)c1. The summed E-state index contributed by atoms with van der Waals surface area (Å²) in [6, 6.07) is 6.10. The third-order valence-corrected chi connectivity index (χ3v) is 6.67. The molecule has 4 N–H and O–H groups in total. The molecule has 2 fully saturated rings. The number of rotatable bonds is 9. The lowest BCUT2D eigenvalue weighted by Gasteiger charge is -2.21. The van der Waals surface area contributed by atoms with Gasteiger partial charge < -0.3 is 21.1 Å². The summed E-state index contributed by atoms with van der Waals surface area (Å²) in [5.74, 6) is -0.529. The van der Waals surface area contributed by atoms with Gasteiger partial charge >= 0.3 is 6.36 Å². The second-order valence-electron chi connectivity index (χ2n) is 9.44. The van der Waals surface area contributed by atoms with E-state index in [1.807, 2.05) is 0 Å². The Morgan fingerprint density at radius 3 is 2.62 bits per heavy atom. The van der Waals surface area contributed by atoms with Gasteiger partial charge in [-0.2, -0.15) is 5.10 Å². The summed E-state index contributed by atoms with van der Waals surface area (Å²) in [7, 11) is 1.46. The van der Waals surface area contributed by atoms with Crippen LogP contribution in [0, 0.1) is 5.92 Å². The van der Waals surface area contributed by atoms with E-state index in [1.54, 1.807) is 30.6 Å². The standard InChI is InChI=1S/C25H26F3N7O4/c1-38-22-15(14-11-30-35(12-14)18-6-3-7-19(18)39-25(26,27)28)4-2-5-16(22)31-17-10-20(32-24(37)13-8-9-13)33-34-21(17)23(29)36/h2,4-5,10-13,18-19H,3,6-9H2,1H3,(H2,29,36)(H2,31,32,33,37)/t18-,19+/m1/s1. The van der Waals surface area contributed by atoms with Gasteiger partial charge in [-0.05, 0) is 38.2 Å². The first-order valence-electron chi connectivity index (χ1n) is 12.3. The minimum Gasteiger partial charge on any atom is -0.494 e. The minimum absolute atomic E-state index is 0.0590. The Morgan fingerprint density at radius 1 is 1.13 bits per heavy atom. The molecule has 0 aliphatic heterocycles. The molecule has 39 heavy (non-hydrogen) atoms. The Balaban J connectivity index is 1.43. The number of alkyl halides is 3. The van der Waals surface area contributed by atoms with Crippen LogP contribution in [0.15, 0.2) is 36.7 Å². The van der Waals surface area contributed by atoms with Crippen LogP contribution in [0.3, 0.4) is 0 Å². The number of hydrogen-bond acceptors (Lipinski definition) is 8. The van der Waals surface area contributed by atoms with Crippen molar-refractivity contribution in [3.63, 3.8) is 0 Å². The van der Waals surface area contributed by atoms with Crippen LogP contribution in [0.25, 0.3) is 11.1 Å². The molecule has 1 aromatic carbocycles. The fraction of sp³-hybridized carbons (Fsp3) is 0.400. The molecule has 5 rings (SSSR count). The number of nitrogens with two attached hydrogens (primary N) is 1. The van der Waals surface area contributed by atoms with E-state index in [0.29, 0.717) is 35.4 Å². The first-order valence-corrected chi connectivity index (χ1v) is 12.3. The van der Waals surface area contributed by atoms with Crippen LogP contribution in [0.5, 0.6) is 5.75 Å². The van der Waals surface area contributed by atoms with Crippen LogP contribution in [-0.2, 0) is 9.53 Å². The number of benzene rings is 1. The van der Waals surface area contributed by atoms with Crippen molar-refractivity contribution < 1.29 is 32.2 Å². The van der Waals surface area contributed by atoms with E-state index in [-0.39, 0.29) is 35.4 Å². The van der Waals surface area contributed by atoms with Gasteiger partial charge in [-0.15, -0.1) is 23.4 Å². The molecule has 2 saturated carbocycles. The van der Waals surface area contributed by atoms with Crippen LogP contribution in [0.4, 0.5) is 30.4 Å². The smallest absolute Gasteiger partial charge is 0.494 e. The highest BCUT2D eigenvalue weighted by Gasteiger charge is 2.40. The number of nitrogens with one attached hydrogen (secondary N) is 2. The highest BCUT2D eigenvalue weighted by molar-refractivity contribution is 5.99. The van der Waals surface area contributed by atoms with Crippen molar-refractivity contribution in [2.75, 3.05) is 17.7 Å². The van der Waals surface area contributed by atoms with E-state index < -0.39 is 24.4 Å². The molecule has 0 spiro atoms. The molecule has 2 atom stereocenters. The highest BCUT2D eigenvalue weighted by Crippen LogP contribution is 2.41. The average Bonchev–Trinajstić information content (AvgIpc) is 3.46. The Bertz CT molecular complexity index is 1390. The molecule has 14 heteroatoms. The van der Waals surface area contributed by atoms with Gasteiger partial charge in [0, 0.05) is 29.3 Å². The number of methoxy groups -OCH3 is 1. The van der Waals surface area contributed by atoms with Gasteiger partial charge in [-0.25, -0.2) is 0 Å². The number of carbonyl (C=O) groups excluding carboxylic acids is 2. The van der Waals surface area contributed by atoms with Crippen LogP contribution < -0.4 is 21.1 Å². The summed E-state index contributed by atoms with van der Waals surface area (Å²) in [6.07, 6.45) is 0.444. The number of carbonyl (C=O) groups is 2. The molecule has 0 saturated heterocycles. The maximum absolute atomic E-state index is 12.9. The van der Waals surface area contributed by atoms with Crippen LogP contribution in [0.1, 0.15) is 48.6 Å². The largest absolute Gasteiger partial charge is 0.522 e. The number of anilines is 3. The van der Waals surface area contributed by atoms with E-state index in [0.717, 1.165) is 12.8 Å². The molecule has 2 aliphatic carbocycles. The van der Waals surface area contributed by atoms with Gasteiger partial charge in [0.25, 0.3) is 5.91 Å². The number of aromatic nitrogens is 4. The van der Waals surface area contributed by atoms with Crippen molar-refractivity contribution in [3.8, 4) is 16.9 Å². The van der Waals surface area contributed by atoms with E-state index >= 15 is 0 Å². The number of primary amides is 1. The maximum atomic E-state index is 12.9. The molecule has 11 nitrogen and oxygen atoms in total. The van der Waals surface area contributed by atoms with Gasteiger partial charge in [0.1, 0.15) is 5.75 Å². The second kappa shape index (κ2) is 10.5. The van der Waals surface area contributed by atoms with Gasteiger partial charge in [0.15, 0.2) is 11.5 Å². The number of hydrogen-bond donors (Lipinski definition) is 3. The Labute approximate surface area is 220 Å². The first kappa shape index (κ1) is 26.4. The fourth-order valence-electron chi connectivity index (χ4n) is 4.71. The zero-order chi connectivity index (χ0) is 27.7. The predicted octanol–water partition coefficient (Wildman–Crippen LogP) is 4.17. The number of nitrogens with zero attached hydrogens (tertiary/aromatic N) is 4. The lowest BCUT2D eigenvalue weighted by atomic mass is 10.1. The van der Waals surface area contributed by atoms with E-state index in [2.05, 4.69) is 30.7 Å². The van der Waals surface area contributed by atoms with Gasteiger partial charge in [0.2, 0.25) is 5.91 Å². The fourth-order valence-corrected chi connectivity index (χ4v) is 4.71. The Kier molecular flexibility index (Phi) is 7.12. The van der Waals surface area contributed by atoms with E-state index in [1.165, 1.54) is 17.9 Å². The van der Waals surface area contributed by atoms with Crippen molar-refractivity contribution in [1.29, 1.82) is 0 Å². The van der Waals surface area contributed by atoms with Crippen LogP contribution in [-0.4, -0.2) is 51.4 Å². The third kappa shape index (κ3) is 5.95. The summed E-state index contributed by atoms with van der Waals surface area (Å²) in [5.41, 5.74) is 7.20. The molecule has 2 aliphatic rings. The van der Waals surface area contributed by atoms with E-state index in [4.69, 9.17) is 10.5 Å². The highest BCUT2D eigenvalue weighted by atomic mass is 19.4. The van der Waals surface area contributed by atoms with E-state index in [9.17, 15) is 22.8 Å². The third-order valence-electron chi connectivity index (χ3n) is 6.67. The average molecular weight is 546 g/mol. The maximum Gasteiger partial charge on any atom is 0.522 e. The van der Waals surface area contributed by atoms with Crippen molar-refractivity contribution in [1.82, 2.24) is 20.0 Å². The summed E-state index contributed by atoms with van der Waals surface area (Å²) >= 11 is 0. The zero-order valence-corrected chi connectivity index (χ0v) is 20.9. The van der Waals surface area contributed by atoms with Crippen LogP contribution >= 0.6 is 0 Å². The summed E-state index contributed by atoms with van der Waals surface area (Å²) in [4.78, 5) is 24.2. The van der Waals surface area contributed by atoms with Gasteiger partial charge in [0.05, 0.1) is 36.8 Å². The second-order valence-corrected chi connectivity index (χ2v) is 9.44. The van der Waals surface area contributed by atoms with Gasteiger partial charge in [-0.1, -0.05) is 12.1 Å². The Hall–Kier alpha value is -4.20. The quantitative estimate of drug-likeness (QED) is 0.363. The molecular formula is C25H26F3N7O4. The number of halogens is 3. The molecule has 0 radical (unpaired) electrons. The molecule has 206 valence electrons. The number of amides is 2. The van der Waals surface area contributed by atoms with Crippen molar-refractivity contribution in [2.45, 2.75) is 50.6 Å². The van der Waals surface area contributed by atoms with Gasteiger partial charge in [-0.3, -0.25) is 19.0 Å². The molecular weight excluding hydrogens is 519 g/mol. The van der Waals surface area contributed by atoms with Crippen LogP contribution in [0.2, 0.25) is 0 Å². The number of para-hydroxylation sites is 1. The summed E-state index contributed by atoms with van der Waals surface area (Å²) in [5, 5.41) is 17.8. The first-order chi connectivity index (χ1) is 18.6. The Morgan fingerprint density at radius 2 is 1.92 bits per heavy atom. The topological polar surface area (TPSA) is 146 Å². The molecule has 0 bridgehead atoms. The van der Waals surface area contributed by atoms with Crippen molar-refractivity contribution in [2.24, 2.45) is 11.7 Å². The zero-order valence-electron chi connectivity index (χ0n) is 20.9. The number of ether oxygens (including phenoxy) is 2. The monoisotopic (exact) mass is 545 g/mol. The normalized spacial score (nSPS) is 19.1. The van der Waals surface area contributed by atoms with Crippen molar-refractivity contribution >= 4 is 29.0 Å². The lowest BCUT2D eigenvalue weighted by molar-refractivity contribution is -0.345. The molecule has 0 unspecified atom stereocenters. The molecule has 3 aromatic rings. The minimum atomic E-state index is -4.72. The molecule has 2 amide bonds. The summed E-state index contributed by atoms with van der Waals surface area (Å²) in [6.45, 7) is 0. The molecule has 2 aromatic heterocycles. The van der Waals surface area contributed by atoms with Crippen molar-refractivity contribution in [3.05, 3.63) is 42.4 Å².